The molecule has 1 amide bonds. The quantitative estimate of drug-likeness (QED) is 0.870. The van der Waals surface area contributed by atoms with Crippen molar-refractivity contribution in [1.82, 2.24) is 15.2 Å². The lowest BCUT2D eigenvalue weighted by molar-refractivity contribution is -0.132. The molecule has 0 spiro atoms. The lowest BCUT2D eigenvalue weighted by atomic mass is 10.0. The van der Waals surface area contributed by atoms with Crippen molar-refractivity contribution in [3.63, 3.8) is 0 Å². The summed E-state index contributed by atoms with van der Waals surface area (Å²) in [5.41, 5.74) is 1.04. The summed E-state index contributed by atoms with van der Waals surface area (Å²) < 4.78 is 0. The minimum Gasteiger partial charge on any atom is -0.338 e. The Morgan fingerprint density at radius 3 is 2.89 bits per heavy atom. The Morgan fingerprint density at radius 2 is 2.28 bits per heavy atom. The molecule has 98 valence electrons. The van der Waals surface area contributed by atoms with Crippen molar-refractivity contribution in [1.29, 1.82) is 0 Å². The van der Waals surface area contributed by atoms with Gasteiger partial charge in [-0.25, -0.2) is 0 Å². The summed E-state index contributed by atoms with van der Waals surface area (Å²) >= 11 is 0. The lowest BCUT2D eigenvalue weighted by Crippen LogP contribution is -2.49. The molecule has 1 aromatic heterocycles. The third-order valence-electron chi connectivity index (χ3n) is 3.48. The smallest absolute Gasteiger partial charge is 0.227 e. The van der Waals surface area contributed by atoms with E-state index in [9.17, 15) is 4.79 Å². The molecule has 1 atom stereocenters. The van der Waals surface area contributed by atoms with Gasteiger partial charge in [-0.1, -0.05) is 0 Å². The highest BCUT2D eigenvalue weighted by Gasteiger charge is 2.23. The van der Waals surface area contributed by atoms with Crippen molar-refractivity contribution in [3.8, 4) is 0 Å². The highest BCUT2D eigenvalue weighted by Crippen LogP contribution is 2.12. The van der Waals surface area contributed by atoms with E-state index in [1.54, 1.807) is 12.4 Å². The van der Waals surface area contributed by atoms with Gasteiger partial charge in [0, 0.05) is 31.5 Å². The average Bonchev–Trinajstić information content (AvgIpc) is 2.42. The predicted octanol–water partition coefficient (Wildman–Crippen LogP) is 1.22. The number of hydrogen-bond donors (Lipinski definition) is 1. The molecule has 4 heteroatoms. The van der Waals surface area contributed by atoms with E-state index >= 15 is 0 Å². The molecule has 1 fully saturated rings. The van der Waals surface area contributed by atoms with Crippen LogP contribution in [0.2, 0.25) is 0 Å². The Kier molecular flexibility index (Phi) is 4.70. The lowest BCUT2D eigenvalue weighted by Gasteiger charge is -2.34. The van der Waals surface area contributed by atoms with Crippen molar-refractivity contribution in [3.05, 3.63) is 30.1 Å². The molecular weight excluding hydrogens is 226 g/mol. The standard InChI is InChI=1S/C14H21N3O/c1-2-17(13-4-3-7-16-11-13)14(18)10-12-5-8-15-9-6-12/h5-6,8-9,13,16H,2-4,7,10-11H2,1H3. The van der Waals surface area contributed by atoms with Crippen LogP contribution in [0, 0.1) is 0 Å². The Morgan fingerprint density at radius 1 is 1.50 bits per heavy atom. The highest BCUT2D eigenvalue weighted by atomic mass is 16.2. The first-order valence-corrected chi connectivity index (χ1v) is 6.70. The van der Waals surface area contributed by atoms with E-state index in [0.29, 0.717) is 12.5 Å². The van der Waals surface area contributed by atoms with E-state index in [2.05, 4.69) is 17.2 Å². The van der Waals surface area contributed by atoms with Crippen molar-refractivity contribution in [2.45, 2.75) is 32.2 Å². The summed E-state index contributed by atoms with van der Waals surface area (Å²) in [6.45, 7) is 4.85. The fourth-order valence-electron chi connectivity index (χ4n) is 2.51. The fourth-order valence-corrected chi connectivity index (χ4v) is 2.51. The topological polar surface area (TPSA) is 45.2 Å². The van der Waals surface area contributed by atoms with E-state index in [4.69, 9.17) is 0 Å². The molecule has 1 unspecified atom stereocenters. The predicted molar refractivity (Wildman–Crippen MR) is 71.2 cm³/mol. The van der Waals surface area contributed by atoms with Gasteiger partial charge in [0.1, 0.15) is 0 Å². The van der Waals surface area contributed by atoms with E-state index in [-0.39, 0.29) is 5.91 Å². The van der Waals surface area contributed by atoms with Crippen LogP contribution in [-0.2, 0) is 11.2 Å². The number of aromatic nitrogens is 1. The first-order chi connectivity index (χ1) is 8.81. The summed E-state index contributed by atoms with van der Waals surface area (Å²) in [5, 5.41) is 3.36. The number of rotatable bonds is 4. The summed E-state index contributed by atoms with van der Waals surface area (Å²) in [5.74, 6) is 0.220. The molecule has 1 N–H and O–H groups in total. The Labute approximate surface area is 108 Å². The second kappa shape index (κ2) is 6.50. The average molecular weight is 247 g/mol. The molecule has 1 aliphatic heterocycles. The molecule has 2 heterocycles. The highest BCUT2D eigenvalue weighted by molar-refractivity contribution is 5.79. The van der Waals surface area contributed by atoms with Crippen LogP contribution in [0.5, 0.6) is 0 Å². The van der Waals surface area contributed by atoms with Crippen LogP contribution in [0.4, 0.5) is 0 Å². The van der Waals surface area contributed by atoms with Crippen LogP contribution in [0.3, 0.4) is 0 Å². The normalized spacial score (nSPS) is 19.5. The summed E-state index contributed by atoms with van der Waals surface area (Å²) in [6.07, 6.45) is 6.22. The zero-order valence-corrected chi connectivity index (χ0v) is 10.9. The zero-order valence-electron chi connectivity index (χ0n) is 10.9. The zero-order chi connectivity index (χ0) is 12.8. The van der Waals surface area contributed by atoms with Gasteiger partial charge in [0.2, 0.25) is 5.91 Å². The van der Waals surface area contributed by atoms with E-state index in [0.717, 1.165) is 38.0 Å². The summed E-state index contributed by atoms with van der Waals surface area (Å²) in [4.78, 5) is 18.3. The Hall–Kier alpha value is -1.42. The monoisotopic (exact) mass is 247 g/mol. The molecule has 0 saturated carbocycles. The number of amides is 1. The molecule has 0 bridgehead atoms. The number of likely N-dealkylation sites (N-methyl/N-ethyl adjacent to an activating group) is 1. The largest absolute Gasteiger partial charge is 0.338 e. The van der Waals surface area contributed by atoms with Crippen LogP contribution in [0.25, 0.3) is 0 Å². The van der Waals surface area contributed by atoms with Crippen molar-refractivity contribution in [2.75, 3.05) is 19.6 Å². The third kappa shape index (κ3) is 3.29. The van der Waals surface area contributed by atoms with Crippen LogP contribution in [0.15, 0.2) is 24.5 Å². The molecular formula is C14H21N3O. The van der Waals surface area contributed by atoms with E-state index in [1.807, 2.05) is 17.0 Å². The molecule has 0 aliphatic carbocycles. The molecule has 18 heavy (non-hydrogen) atoms. The molecule has 0 aromatic carbocycles. The molecule has 0 radical (unpaired) electrons. The van der Waals surface area contributed by atoms with Gasteiger partial charge in [-0.05, 0) is 44.0 Å². The van der Waals surface area contributed by atoms with Gasteiger partial charge in [-0.3, -0.25) is 9.78 Å². The van der Waals surface area contributed by atoms with Gasteiger partial charge >= 0.3 is 0 Å². The van der Waals surface area contributed by atoms with Gasteiger partial charge in [0.05, 0.1) is 6.42 Å². The van der Waals surface area contributed by atoms with Crippen molar-refractivity contribution < 1.29 is 4.79 Å². The maximum absolute atomic E-state index is 12.3. The van der Waals surface area contributed by atoms with Crippen LogP contribution < -0.4 is 5.32 Å². The van der Waals surface area contributed by atoms with E-state index < -0.39 is 0 Å². The van der Waals surface area contributed by atoms with Crippen molar-refractivity contribution >= 4 is 5.91 Å². The van der Waals surface area contributed by atoms with Gasteiger partial charge in [-0.2, -0.15) is 0 Å². The summed E-state index contributed by atoms with van der Waals surface area (Å²) in [6, 6.07) is 4.17. The van der Waals surface area contributed by atoms with Crippen LogP contribution >= 0.6 is 0 Å². The van der Waals surface area contributed by atoms with E-state index in [1.165, 1.54) is 0 Å². The first kappa shape index (κ1) is 13.0. The third-order valence-corrected chi connectivity index (χ3v) is 3.48. The maximum Gasteiger partial charge on any atom is 0.227 e. The number of hydrogen-bond acceptors (Lipinski definition) is 3. The summed E-state index contributed by atoms with van der Waals surface area (Å²) in [7, 11) is 0. The van der Waals surface area contributed by atoms with Crippen LogP contribution in [0.1, 0.15) is 25.3 Å². The number of piperidine rings is 1. The van der Waals surface area contributed by atoms with Gasteiger partial charge < -0.3 is 10.2 Å². The van der Waals surface area contributed by atoms with Crippen LogP contribution in [-0.4, -0.2) is 41.5 Å². The number of nitrogens with one attached hydrogen (secondary N) is 1. The Balaban J connectivity index is 1.96. The van der Waals surface area contributed by atoms with Gasteiger partial charge in [0.15, 0.2) is 0 Å². The number of carbonyl (C=O) groups excluding carboxylic acids is 1. The molecule has 1 saturated heterocycles. The molecule has 2 rings (SSSR count). The van der Waals surface area contributed by atoms with Crippen molar-refractivity contribution in [2.24, 2.45) is 0 Å². The maximum atomic E-state index is 12.3. The SMILES string of the molecule is CCN(C(=O)Cc1ccncc1)C1CCCNC1. The fraction of sp³-hybridized carbons (Fsp3) is 0.571. The van der Waals surface area contributed by atoms with Gasteiger partial charge in [-0.15, -0.1) is 0 Å². The second-order valence-electron chi connectivity index (χ2n) is 4.71. The molecule has 1 aromatic rings. The molecule has 4 nitrogen and oxygen atoms in total. The second-order valence-corrected chi connectivity index (χ2v) is 4.71. The number of carbonyl (C=O) groups is 1. The number of nitrogens with zero attached hydrogens (tertiary/aromatic N) is 2. The minimum atomic E-state index is 0.220. The first-order valence-electron chi connectivity index (χ1n) is 6.70. The molecule has 1 aliphatic rings. The van der Waals surface area contributed by atoms with Gasteiger partial charge in [0.25, 0.3) is 0 Å². The Bertz CT molecular complexity index is 374. The minimum absolute atomic E-state index is 0.220. The number of pyridine rings is 1.